The van der Waals surface area contributed by atoms with Crippen molar-refractivity contribution in [2.45, 2.75) is 12.8 Å². The number of likely N-dealkylation sites (tertiary alicyclic amines) is 1. The van der Waals surface area contributed by atoms with Gasteiger partial charge in [0.2, 0.25) is 5.91 Å². The number of carbonyl (C=O) groups excluding carboxylic acids is 3. The largest absolute Gasteiger partial charge is 0.478 e. The summed E-state index contributed by atoms with van der Waals surface area (Å²) in [5.74, 6) is -2.37. The van der Waals surface area contributed by atoms with Gasteiger partial charge in [-0.3, -0.25) is 14.9 Å². The lowest BCUT2D eigenvalue weighted by atomic mass is 10.4. The van der Waals surface area contributed by atoms with Gasteiger partial charge in [-0.15, -0.1) is 0 Å². The minimum absolute atomic E-state index is 0.193. The molecular weight excluding hydrogens is 254 g/mol. The zero-order valence-electron chi connectivity index (χ0n) is 10.2. The van der Waals surface area contributed by atoms with Gasteiger partial charge in [-0.25, -0.2) is 9.59 Å². The van der Waals surface area contributed by atoms with Crippen molar-refractivity contribution in [1.82, 2.24) is 15.5 Å². The number of nitrogens with zero attached hydrogens (tertiary/aromatic N) is 1. The van der Waals surface area contributed by atoms with Crippen LogP contribution < -0.4 is 10.6 Å². The molecule has 1 rings (SSSR count). The summed E-state index contributed by atoms with van der Waals surface area (Å²) in [7, 11) is 0. The fourth-order valence-electron chi connectivity index (χ4n) is 1.58. The molecule has 1 saturated heterocycles. The van der Waals surface area contributed by atoms with Gasteiger partial charge in [0.25, 0.3) is 5.91 Å². The molecule has 0 aromatic carbocycles. The molecular formula is C11H15N3O5. The van der Waals surface area contributed by atoms with Gasteiger partial charge in [0.15, 0.2) is 0 Å². The van der Waals surface area contributed by atoms with Crippen molar-refractivity contribution in [3.05, 3.63) is 12.2 Å². The van der Waals surface area contributed by atoms with Gasteiger partial charge in [0.1, 0.15) is 0 Å². The van der Waals surface area contributed by atoms with Gasteiger partial charge in [-0.1, -0.05) is 0 Å². The van der Waals surface area contributed by atoms with E-state index >= 15 is 0 Å². The SMILES string of the molecule is O=C(O)/C=C/C(=O)NC(=O)NCC(=O)N1CCCC1. The predicted octanol–water partition coefficient (Wildman–Crippen LogP) is -0.925. The summed E-state index contributed by atoms with van der Waals surface area (Å²) in [5, 5.41) is 12.4. The Morgan fingerprint density at radius 2 is 1.74 bits per heavy atom. The first-order chi connectivity index (χ1) is 8.99. The third kappa shape index (κ3) is 5.66. The number of aliphatic carboxylic acids is 1. The highest BCUT2D eigenvalue weighted by molar-refractivity contribution is 6.03. The summed E-state index contributed by atoms with van der Waals surface area (Å²) in [6.45, 7) is 1.17. The molecule has 0 aliphatic carbocycles. The summed E-state index contributed by atoms with van der Waals surface area (Å²) >= 11 is 0. The van der Waals surface area contributed by atoms with Crippen LogP contribution in [0.15, 0.2) is 12.2 Å². The van der Waals surface area contributed by atoms with Crippen LogP contribution in [0.1, 0.15) is 12.8 Å². The molecule has 104 valence electrons. The monoisotopic (exact) mass is 269 g/mol. The van der Waals surface area contributed by atoms with Crippen LogP contribution in [0.3, 0.4) is 0 Å². The Morgan fingerprint density at radius 1 is 1.11 bits per heavy atom. The lowest BCUT2D eigenvalue weighted by molar-refractivity contribution is -0.131. The quantitative estimate of drug-likeness (QED) is 0.570. The average molecular weight is 269 g/mol. The highest BCUT2D eigenvalue weighted by Crippen LogP contribution is 2.06. The van der Waals surface area contributed by atoms with E-state index in [4.69, 9.17) is 5.11 Å². The van der Waals surface area contributed by atoms with Crippen LogP contribution in [0.25, 0.3) is 0 Å². The van der Waals surface area contributed by atoms with Crippen LogP contribution >= 0.6 is 0 Å². The van der Waals surface area contributed by atoms with E-state index in [2.05, 4.69) is 5.32 Å². The second-order valence-electron chi connectivity index (χ2n) is 3.93. The zero-order valence-corrected chi connectivity index (χ0v) is 10.2. The molecule has 0 bridgehead atoms. The predicted molar refractivity (Wildman–Crippen MR) is 64.1 cm³/mol. The fraction of sp³-hybridized carbons (Fsp3) is 0.455. The number of hydrogen-bond acceptors (Lipinski definition) is 4. The van der Waals surface area contributed by atoms with Crippen molar-refractivity contribution in [3.8, 4) is 0 Å². The second kappa shape index (κ2) is 7.14. The molecule has 1 aliphatic heterocycles. The second-order valence-corrected chi connectivity index (χ2v) is 3.93. The van der Waals surface area contributed by atoms with Crippen molar-refractivity contribution in [1.29, 1.82) is 0 Å². The van der Waals surface area contributed by atoms with Crippen LogP contribution in [0.4, 0.5) is 4.79 Å². The van der Waals surface area contributed by atoms with Gasteiger partial charge >= 0.3 is 12.0 Å². The minimum Gasteiger partial charge on any atom is -0.478 e. The smallest absolute Gasteiger partial charge is 0.328 e. The molecule has 4 amide bonds. The van der Waals surface area contributed by atoms with Crippen molar-refractivity contribution < 1.29 is 24.3 Å². The Kier molecular flexibility index (Phi) is 5.52. The van der Waals surface area contributed by atoms with Gasteiger partial charge in [0, 0.05) is 25.2 Å². The minimum atomic E-state index is -1.29. The third-order valence-corrected chi connectivity index (χ3v) is 2.47. The van der Waals surface area contributed by atoms with E-state index in [1.807, 2.05) is 5.32 Å². The molecule has 0 spiro atoms. The standard InChI is InChI=1S/C11H15N3O5/c15-8(3-4-10(17)18)13-11(19)12-7-9(16)14-5-1-2-6-14/h3-4H,1-2,5-7H2,(H,17,18)(H2,12,13,15,19)/b4-3+. The van der Waals surface area contributed by atoms with Gasteiger partial charge in [-0.2, -0.15) is 0 Å². The number of nitrogens with one attached hydrogen (secondary N) is 2. The highest BCUT2D eigenvalue weighted by Gasteiger charge is 2.18. The van der Waals surface area contributed by atoms with E-state index in [1.165, 1.54) is 0 Å². The van der Waals surface area contributed by atoms with E-state index in [0.717, 1.165) is 12.8 Å². The molecule has 19 heavy (non-hydrogen) atoms. The van der Waals surface area contributed by atoms with E-state index in [0.29, 0.717) is 25.2 Å². The van der Waals surface area contributed by atoms with E-state index < -0.39 is 17.9 Å². The van der Waals surface area contributed by atoms with E-state index in [1.54, 1.807) is 4.90 Å². The Balaban J connectivity index is 2.25. The van der Waals surface area contributed by atoms with Crippen LogP contribution in [0, 0.1) is 0 Å². The third-order valence-electron chi connectivity index (χ3n) is 2.47. The molecule has 8 nitrogen and oxygen atoms in total. The normalized spacial score (nSPS) is 14.4. The molecule has 0 atom stereocenters. The molecule has 0 saturated carbocycles. The summed E-state index contributed by atoms with van der Waals surface area (Å²) in [6.07, 6.45) is 3.23. The first-order valence-corrected chi connectivity index (χ1v) is 5.76. The number of amides is 4. The molecule has 0 unspecified atom stereocenters. The Bertz CT molecular complexity index is 413. The maximum Gasteiger partial charge on any atom is 0.328 e. The maximum atomic E-state index is 11.6. The number of urea groups is 1. The van der Waals surface area contributed by atoms with Crippen LogP contribution in [-0.2, 0) is 14.4 Å². The van der Waals surface area contributed by atoms with Gasteiger partial charge < -0.3 is 15.3 Å². The van der Waals surface area contributed by atoms with Crippen LogP contribution in [0.5, 0.6) is 0 Å². The molecule has 1 fully saturated rings. The summed E-state index contributed by atoms with van der Waals surface area (Å²) < 4.78 is 0. The van der Waals surface area contributed by atoms with Crippen LogP contribution in [-0.4, -0.2) is 53.5 Å². The Hall–Kier alpha value is -2.38. The average Bonchev–Trinajstić information content (AvgIpc) is 2.87. The molecule has 0 aromatic rings. The number of carboxylic acid groups (broad SMARTS) is 1. The number of hydrogen-bond donors (Lipinski definition) is 3. The number of rotatable bonds is 4. The molecule has 8 heteroatoms. The van der Waals surface area contributed by atoms with Crippen molar-refractivity contribution in [3.63, 3.8) is 0 Å². The van der Waals surface area contributed by atoms with Crippen molar-refractivity contribution in [2.24, 2.45) is 0 Å². The number of carbonyl (C=O) groups is 4. The molecule has 0 radical (unpaired) electrons. The maximum absolute atomic E-state index is 11.6. The summed E-state index contributed by atoms with van der Waals surface area (Å²) in [5.41, 5.74) is 0. The summed E-state index contributed by atoms with van der Waals surface area (Å²) in [6, 6.07) is -0.840. The van der Waals surface area contributed by atoms with Crippen LogP contribution in [0.2, 0.25) is 0 Å². The number of imide groups is 1. The van der Waals surface area contributed by atoms with E-state index in [9.17, 15) is 19.2 Å². The molecule has 3 N–H and O–H groups in total. The first-order valence-electron chi connectivity index (χ1n) is 5.76. The van der Waals surface area contributed by atoms with Gasteiger partial charge in [0.05, 0.1) is 6.54 Å². The van der Waals surface area contributed by atoms with Gasteiger partial charge in [-0.05, 0) is 12.8 Å². The first kappa shape index (κ1) is 14.7. The molecule has 0 aromatic heterocycles. The topological polar surface area (TPSA) is 116 Å². The van der Waals surface area contributed by atoms with Crippen molar-refractivity contribution in [2.75, 3.05) is 19.6 Å². The van der Waals surface area contributed by atoms with Crippen molar-refractivity contribution >= 4 is 23.8 Å². The lowest BCUT2D eigenvalue weighted by Gasteiger charge is -2.15. The Labute approximate surface area is 109 Å². The zero-order chi connectivity index (χ0) is 14.3. The summed E-state index contributed by atoms with van der Waals surface area (Å²) in [4.78, 5) is 45.6. The highest BCUT2D eigenvalue weighted by atomic mass is 16.4. The number of carboxylic acids is 1. The lowest BCUT2D eigenvalue weighted by Crippen LogP contribution is -2.44. The molecule has 1 heterocycles. The molecule has 1 aliphatic rings. The Morgan fingerprint density at radius 3 is 2.32 bits per heavy atom. The fourth-order valence-corrected chi connectivity index (χ4v) is 1.58. The van der Waals surface area contributed by atoms with E-state index in [-0.39, 0.29) is 12.5 Å².